The number of benzene rings is 1. The summed E-state index contributed by atoms with van der Waals surface area (Å²) in [6.45, 7) is 7.36. The SMILES string of the molecule is CC(C)CN(C1CC1)C(C)C(=O)Nc1ccc(N)cc1. The van der Waals surface area contributed by atoms with E-state index in [1.54, 1.807) is 12.1 Å². The van der Waals surface area contributed by atoms with Crippen LogP contribution >= 0.6 is 0 Å². The van der Waals surface area contributed by atoms with Gasteiger partial charge in [-0.1, -0.05) is 13.8 Å². The second-order valence-electron chi connectivity index (χ2n) is 6.11. The van der Waals surface area contributed by atoms with Gasteiger partial charge in [-0.2, -0.15) is 0 Å². The van der Waals surface area contributed by atoms with E-state index < -0.39 is 0 Å². The van der Waals surface area contributed by atoms with Gasteiger partial charge in [-0.15, -0.1) is 0 Å². The summed E-state index contributed by atoms with van der Waals surface area (Å²) in [5, 5.41) is 2.97. The van der Waals surface area contributed by atoms with Crippen molar-refractivity contribution >= 4 is 17.3 Å². The van der Waals surface area contributed by atoms with Gasteiger partial charge >= 0.3 is 0 Å². The molecule has 20 heavy (non-hydrogen) atoms. The van der Waals surface area contributed by atoms with Gasteiger partial charge in [0.15, 0.2) is 0 Å². The van der Waals surface area contributed by atoms with Crippen LogP contribution in [0.4, 0.5) is 11.4 Å². The summed E-state index contributed by atoms with van der Waals surface area (Å²) < 4.78 is 0. The van der Waals surface area contributed by atoms with Crippen molar-refractivity contribution in [1.29, 1.82) is 0 Å². The summed E-state index contributed by atoms with van der Waals surface area (Å²) in [5.41, 5.74) is 7.15. The average molecular weight is 275 g/mol. The van der Waals surface area contributed by atoms with Gasteiger partial charge in [0.25, 0.3) is 0 Å². The van der Waals surface area contributed by atoms with Crippen LogP contribution in [0.2, 0.25) is 0 Å². The Hall–Kier alpha value is -1.55. The Bertz CT molecular complexity index is 451. The number of hydrogen-bond acceptors (Lipinski definition) is 3. The molecule has 1 unspecified atom stereocenters. The summed E-state index contributed by atoms with van der Waals surface area (Å²) in [6.07, 6.45) is 2.43. The molecular formula is C16H25N3O. The highest BCUT2D eigenvalue weighted by molar-refractivity contribution is 5.94. The van der Waals surface area contributed by atoms with Gasteiger partial charge < -0.3 is 11.1 Å². The largest absolute Gasteiger partial charge is 0.399 e. The Balaban J connectivity index is 1.97. The van der Waals surface area contributed by atoms with Crippen molar-refractivity contribution in [2.24, 2.45) is 5.92 Å². The topological polar surface area (TPSA) is 58.4 Å². The monoisotopic (exact) mass is 275 g/mol. The maximum absolute atomic E-state index is 12.4. The third-order valence-electron chi connectivity index (χ3n) is 3.65. The van der Waals surface area contributed by atoms with Gasteiger partial charge in [-0.25, -0.2) is 0 Å². The number of carbonyl (C=O) groups is 1. The molecule has 1 aromatic rings. The van der Waals surface area contributed by atoms with Crippen molar-refractivity contribution in [3.8, 4) is 0 Å². The fourth-order valence-corrected chi connectivity index (χ4v) is 2.41. The molecule has 1 fully saturated rings. The number of carbonyl (C=O) groups excluding carboxylic acids is 1. The molecule has 110 valence electrons. The van der Waals surface area contributed by atoms with Crippen molar-refractivity contribution in [2.45, 2.75) is 45.7 Å². The van der Waals surface area contributed by atoms with E-state index in [0.717, 1.165) is 12.2 Å². The summed E-state index contributed by atoms with van der Waals surface area (Å²) in [6, 6.07) is 7.76. The summed E-state index contributed by atoms with van der Waals surface area (Å²) >= 11 is 0. The lowest BCUT2D eigenvalue weighted by Crippen LogP contribution is -2.45. The van der Waals surface area contributed by atoms with E-state index in [2.05, 4.69) is 24.1 Å². The molecule has 2 rings (SSSR count). The smallest absolute Gasteiger partial charge is 0.241 e. The molecule has 1 saturated carbocycles. The minimum Gasteiger partial charge on any atom is -0.399 e. The zero-order chi connectivity index (χ0) is 14.7. The zero-order valence-electron chi connectivity index (χ0n) is 12.6. The second-order valence-corrected chi connectivity index (χ2v) is 6.11. The number of nitrogen functional groups attached to an aromatic ring is 1. The van der Waals surface area contributed by atoms with Gasteiger partial charge in [-0.3, -0.25) is 9.69 Å². The van der Waals surface area contributed by atoms with Crippen LogP contribution in [0.3, 0.4) is 0 Å². The van der Waals surface area contributed by atoms with Gasteiger partial charge in [0, 0.05) is 24.0 Å². The summed E-state index contributed by atoms with van der Waals surface area (Å²) in [4.78, 5) is 14.7. The molecule has 4 nitrogen and oxygen atoms in total. The number of anilines is 2. The highest BCUT2D eigenvalue weighted by Gasteiger charge is 2.35. The minimum atomic E-state index is -0.0950. The maximum Gasteiger partial charge on any atom is 0.241 e. The molecule has 0 saturated heterocycles. The molecule has 0 aliphatic heterocycles. The summed E-state index contributed by atoms with van der Waals surface area (Å²) in [7, 11) is 0. The fraction of sp³-hybridized carbons (Fsp3) is 0.562. The van der Waals surface area contributed by atoms with Crippen molar-refractivity contribution in [2.75, 3.05) is 17.6 Å². The molecular weight excluding hydrogens is 250 g/mol. The molecule has 0 heterocycles. The van der Waals surface area contributed by atoms with Crippen LogP contribution in [0.5, 0.6) is 0 Å². The second kappa shape index (κ2) is 6.27. The van der Waals surface area contributed by atoms with E-state index >= 15 is 0 Å². The number of amides is 1. The number of nitrogens with zero attached hydrogens (tertiary/aromatic N) is 1. The van der Waals surface area contributed by atoms with Gasteiger partial charge in [-0.05, 0) is 49.9 Å². The first-order valence-electron chi connectivity index (χ1n) is 7.39. The molecule has 1 aromatic carbocycles. The highest BCUT2D eigenvalue weighted by Crippen LogP contribution is 2.29. The summed E-state index contributed by atoms with van der Waals surface area (Å²) in [5.74, 6) is 0.629. The minimum absolute atomic E-state index is 0.0577. The van der Waals surface area contributed by atoms with Crippen molar-refractivity contribution < 1.29 is 4.79 Å². The van der Waals surface area contributed by atoms with E-state index in [0.29, 0.717) is 17.6 Å². The van der Waals surface area contributed by atoms with E-state index in [9.17, 15) is 4.79 Å². The first-order valence-corrected chi connectivity index (χ1v) is 7.39. The van der Waals surface area contributed by atoms with Crippen LogP contribution in [0, 0.1) is 5.92 Å². The lowest BCUT2D eigenvalue weighted by Gasteiger charge is -2.29. The van der Waals surface area contributed by atoms with Crippen molar-refractivity contribution in [3.05, 3.63) is 24.3 Å². The quantitative estimate of drug-likeness (QED) is 0.785. The van der Waals surface area contributed by atoms with Gasteiger partial charge in [0.2, 0.25) is 5.91 Å². The molecule has 1 aliphatic carbocycles. The molecule has 0 radical (unpaired) electrons. The van der Waals surface area contributed by atoms with Crippen molar-refractivity contribution in [3.63, 3.8) is 0 Å². The molecule has 0 spiro atoms. The first kappa shape index (κ1) is 14.9. The van der Waals surface area contributed by atoms with Gasteiger partial charge in [0.05, 0.1) is 6.04 Å². The molecule has 0 aromatic heterocycles. The van der Waals surface area contributed by atoms with Crippen LogP contribution in [-0.2, 0) is 4.79 Å². The van der Waals surface area contributed by atoms with Crippen LogP contribution in [0.1, 0.15) is 33.6 Å². The Kier molecular flexibility index (Phi) is 4.65. The van der Waals surface area contributed by atoms with Crippen molar-refractivity contribution in [1.82, 2.24) is 4.90 Å². The van der Waals surface area contributed by atoms with Crippen LogP contribution < -0.4 is 11.1 Å². The van der Waals surface area contributed by atoms with Gasteiger partial charge in [0.1, 0.15) is 0 Å². The normalized spacial score (nSPS) is 16.4. The van der Waals surface area contributed by atoms with Crippen LogP contribution in [-0.4, -0.2) is 29.4 Å². The first-order chi connectivity index (χ1) is 9.47. The molecule has 1 amide bonds. The van der Waals surface area contributed by atoms with E-state index in [4.69, 9.17) is 5.73 Å². The molecule has 3 N–H and O–H groups in total. The lowest BCUT2D eigenvalue weighted by atomic mass is 10.1. The zero-order valence-corrected chi connectivity index (χ0v) is 12.6. The Morgan fingerprint density at radius 3 is 2.40 bits per heavy atom. The molecule has 0 bridgehead atoms. The molecule has 1 aliphatic rings. The third-order valence-corrected chi connectivity index (χ3v) is 3.65. The molecule has 1 atom stereocenters. The Morgan fingerprint density at radius 2 is 1.90 bits per heavy atom. The number of hydrogen-bond donors (Lipinski definition) is 2. The van der Waals surface area contributed by atoms with Crippen LogP contribution in [0.25, 0.3) is 0 Å². The van der Waals surface area contributed by atoms with Crippen LogP contribution in [0.15, 0.2) is 24.3 Å². The number of rotatable bonds is 6. The van der Waals surface area contributed by atoms with E-state index in [1.807, 2.05) is 19.1 Å². The standard InChI is InChI=1S/C16H25N3O/c1-11(2)10-19(15-8-9-15)12(3)16(20)18-14-6-4-13(17)5-7-14/h4-7,11-12,15H,8-10,17H2,1-3H3,(H,18,20). The fourth-order valence-electron chi connectivity index (χ4n) is 2.41. The Morgan fingerprint density at radius 1 is 1.30 bits per heavy atom. The molecule has 4 heteroatoms. The number of nitrogens with one attached hydrogen (secondary N) is 1. The van der Waals surface area contributed by atoms with E-state index in [1.165, 1.54) is 12.8 Å². The number of nitrogens with two attached hydrogens (primary N) is 1. The Labute approximate surface area is 121 Å². The lowest BCUT2D eigenvalue weighted by molar-refractivity contribution is -0.121. The highest BCUT2D eigenvalue weighted by atomic mass is 16.2. The predicted octanol–water partition coefficient (Wildman–Crippen LogP) is 2.72. The predicted molar refractivity (Wildman–Crippen MR) is 83.5 cm³/mol. The van der Waals surface area contributed by atoms with E-state index in [-0.39, 0.29) is 11.9 Å². The average Bonchev–Trinajstić information content (AvgIpc) is 3.22. The third kappa shape index (κ3) is 3.97. The maximum atomic E-state index is 12.4.